The van der Waals surface area contributed by atoms with Gasteiger partial charge in [0.05, 0.1) is 24.5 Å². The predicted molar refractivity (Wildman–Crippen MR) is 71.8 cm³/mol. The Balaban J connectivity index is 2.26. The van der Waals surface area contributed by atoms with Gasteiger partial charge in [-0.15, -0.1) is 0 Å². The van der Waals surface area contributed by atoms with Crippen LogP contribution < -0.4 is 10.1 Å². The lowest BCUT2D eigenvalue weighted by Gasteiger charge is -2.50. The first kappa shape index (κ1) is 13.7. The lowest BCUT2D eigenvalue weighted by atomic mass is 9.64. The molecule has 1 saturated carbocycles. The fourth-order valence-corrected chi connectivity index (χ4v) is 2.29. The summed E-state index contributed by atoms with van der Waals surface area (Å²) in [4.78, 5) is 11.2. The Hall–Kier alpha value is -1.75. The highest BCUT2D eigenvalue weighted by molar-refractivity contribution is 5.94. The summed E-state index contributed by atoms with van der Waals surface area (Å²) in [5.41, 5.74) is 0.466. The first-order valence-corrected chi connectivity index (χ1v) is 6.22. The van der Waals surface area contributed by atoms with Crippen molar-refractivity contribution in [2.24, 2.45) is 5.41 Å². The van der Waals surface area contributed by atoms with Crippen molar-refractivity contribution in [3.8, 4) is 5.75 Å². The van der Waals surface area contributed by atoms with Gasteiger partial charge in [0.1, 0.15) is 5.75 Å². The number of rotatable bonds is 4. The number of methoxy groups -OCH3 is 1. The van der Waals surface area contributed by atoms with Crippen molar-refractivity contribution < 1.29 is 19.7 Å². The van der Waals surface area contributed by atoms with Gasteiger partial charge in [-0.05, 0) is 18.6 Å². The topological polar surface area (TPSA) is 78.8 Å². The third-order valence-electron chi connectivity index (χ3n) is 4.00. The molecular weight excluding hydrogens is 246 g/mol. The molecule has 0 aromatic heterocycles. The van der Waals surface area contributed by atoms with Crippen molar-refractivity contribution in [2.45, 2.75) is 32.4 Å². The van der Waals surface area contributed by atoms with Crippen LogP contribution in [0.3, 0.4) is 0 Å². The number of aliphatic hydroxyl groups excluding tert-OH is 1. The van der Waals surface area contributed by atoms with Crippen LogP contribution >= 0.6 is 0 Å². The Bertz CT molecular complexity index is 498. The summed E-state index contributed by atoms with van der Waals surface area (Å²) in [7, 11) is 1.54. The lowest BCUT2D eigenvalue weighted by molar-refractivity contribution is -0.0510. The average Bonchev–Trinajstić information content (AvgIpc) is 2.38. The quantitative estimate of drug-likeness (QED) is 0.775. The van der Waals surface area contributed by atoms with Crippen LogP contribution in [0.2, 0.25) is 0 Å². The Morgan fingerprint density at radius 1 is 1.47 bits per heavy atom. The van der Waals surface area contributed by atoms with Gasteiger partial charge in [-0.25, -0.2) is 4.79 Å². The van der Waals surface area contributed by atoms with Crippen LogP contribution in [0.25, 0.3) is 0 Å². The van der Waals surface area contributed by atoms with Crippen molar-refractivity contribution in [3.63, 3.8) is 0 Å². The van der Waals surface area contributed by atoms with Crippen LogP contribution in [0.5, 0.6) is 5.75 Å². The number of hydrogen-bond acceptors (Lipinski definition) is 4. The van der Waals surface area contributed by atoms with E-state index in [1.165, 1.54) is 13.2 Å². The second-order valence-corrected chi connectivity index (χ2v) is 5.49. The van der Waals surface area contributed by atoms with E-state index in [1.807, 2.05) is 13.8 Å². The van der Waals surface area contributed by atoms with E-state index >= 15 is 0 Å². The molecule has 0 aliphatic heterocycles. The lowest BCUT2D eigenvalue weighted by Crippen LogP contribution is -2.57. The molecule has 104 valence electrons. The number of hydrogen-bond donors (Lipinski definition) is 3. The third-order valence-corrected chi connectivity index (χ3v) is 4.00. The highest BCUT2D eigenvalue weighted by Crippen LogP contribution is 2.42. The number of carbonyl (C=O) groups is 1. The van der Waals surface area contributed by atoms with Crippen molar-refractivity contribution in [3.05, 3.63) is 23.8 Å². The molecule has 1 aliphatic rings. The summed E-state index contributed by atoms with van der Waals surface area (Å²) < 4.78 is 5.11. The monoisotopic (exact) mass is 265 g/mol. The van der Waals surface area contributed by atoms with E-state index in [1.54, 1.807) is 12.1 Å². The molecule has 2 atom stereocenters. The Labute approximate surface area is 112 Å². The van der Waals surface area contributed by atoms with E-state index in [-0.39, 0.29) is 23.1 Å². The van der Waals surface area contributed by atoms with E-state index in [9.17, 15) is 15.0 Å². The number of aliphatic hydroxyl groups is 1. The van der Waals surface area contributed by atoms with E-state index in [2.05, 4.69) is 5.32 Å². The minimum atomic E-state index is -0.983. The number of anilines is 1. The van der Waals surface area contributed by atoms with Crippen molar-refractivity contribution in [1.82, 2.24) is 0 Å². The van der Waals surface area contributed by atoms with Crippen molar-refractivity contribution in [2.75, 3.05) is 12.4 Å². The molecule has 2 unspecified atom stereocenters. The number of ether oxygens (including phenoxy) is 1. The maximum absolute atomic E-state index is 11.2. The first-order valence-electron chi connectivity index (χ1n) is 6.22. The fourth-order valence-electron chi connectivity index (χ4n) is 2.29. The number of carboxylic acids is 1. The number of carboxylic acid groups (broad SMARTS) is 1. The van der Waals surface area contributed by atoms with Crippen LogP contribution in [0, 0.1) is 5.41 Å². The van der Waals surface area contributed by atoms with Gasteiger partial charge in [0.25, 0.3) is 0 Å². The molecule has 5 heteroatoms. The summed E-state index contributed by atoms with van der Waals surface area (Å²) >= 11 is 0. The number of aromatic carboxylic acids is 1. The standard InChI is InChI=1S/C14H19NO4/c1-14(2)11(7-12(14)16)15-10-6-8(19-3)4-5-9(10)13(17)18/h4-6,11-12,15-16H,7H2,1-3H3,(H,17,18). The molecule has 5 nitrogen and oxygen atoms in total. The molecule has 0 bridgehead atoms. The van der Waals surface area contributed by atoms with Gasteiger partial charge in [-0.2, -0.15) is 0 Å². The second-order valence-electron chi connectivity index (χ2n) is 5.49. The predicted octanol–water partition coefficient (Wildman–Crippen LogP) is 1.96. The fraction of sp³-hybridized carbons (Fsp3) is 0.500. The van der Waals surface area contributed by atoms with Crippen molar-refractivity contribution in [1.29, 1.82) is 0 Å². The molecule has 19 heavy (non-hydrogen) atoms. The molecule has 2 rings (SSSR count). The Kier molecular flexibility index (Phi) is 3.41. The van der Waals surface area contributed by atoms with Crippen LogP contribution in [0.1, 0.15) is 30.6 Å². The summed E-state index contributed by atoms with van der Waals surface area (Å²) in [6.07, 6.45) is 0.257. The first-order chi connectivity index (χ1) is 8.86. The minimum Gasteiger partial charge on any atom is -0.497 e. The SMILES string of the molecule is COc1ccc(C(=O)O)c(NC2CC(O)C2(C)C)c1. The zero-order valence-electron chi connectivity index (χ0n) is 11.3. The van der Waals surface area contributed by atoms with E-state index < -0.39 is 5.97 Å². The van der Waals surface area contributed by atoms with Gasteiger partial charge in [0.2, 0.25) is 0 Å². The van der Waals surface area contributed by atoms with E-state index in [4.69, 9.17) is 4.74 Å². The maximum atomic E-state index is 11.2. The summed E-state index contributed by atoms with van der Waals surface area (Å²) in [6, 6.07) is 4.86. The van der Waals surface area contributed by atoms with Gasteiger partial charge in [0.15, 0.2) is 0 Å². The Morgan fingerprint density at radius 2 is 2.16 bits per heavy atom. The van der Waals surface area contributed by atoms with Gasteiger partial charge < -0.3 is 20.3 Å². The molecule has 0 spiro atoms. The van der Waals surface area contributed by atoms with Crippen LogP contribution in [0.15, 0.2) is 18.2 Å². The molecule has 0 amide bonds. The third kappa shape index (κ3) is 2.38. The van der Waals surface area contributed by atoms with Gasteiger partial charge in [-0.3, -0.25) is 0 Å². The molecule has 3 N–H and O–H groups in total. The number of nitrogens with one attached hydrogen (secondary N) is 1. The minimum absolute atomic E-state index is 0.0488. The maximum Gasteiger partial charge on any atom is 0.337 e. The highest BCUT2D eigenvalue weighted by atomic mass is 16.5. The molecule has 1 aliphatic carbocycles. The normalized spacial score (nSPS) is 24.4. The highest BCUT2D eigenvalue weighted by Gasteiger charge is 2.47. The average molecular weight is 265 g/mol. The molecule has 1 aromatic carbocycles. The van der Waals surface area contributed by atoms with E-state index in [0.717, 1.165) is 0 Å². The smallest absolute Gasteiger partial charge is 0.337 e. The molecule has 0 saturated heterocycles. The van der Waals surface area contributed by atoms with E-state index in [0.29, 0.717) is 17.9 Å². The zero-order valence-corrected chi connectivity index (χ0v) is 11.3. The molecular formula is C14H19NO4. The zero-order chi connectivity index (χ0) is 14.2. The molecule has 1 fully saturated rings. The largest absolute Gasteiger partial charge is 0.497 e. The second kappa shape index (κ2) is 4.74. The Morgan fingerprint density at radius 3 is 2.63 bits per heavy atom. The number of benzene rings is 1. The van der Waals surface area contributed by atoms with Gasteiger partial charge in [0, 0.05) is 17.5 Å². The molecule has 1 aromatic rings. The molecule has 0 heterocycles. The van der Waals surface area contributed by atoms with Crippen LogP contribution in [0.4, 0.5) is 5.69 Å². The van der Waals surface area contributed by atoms with Gasteiger partial charge in [-0.1, -0.05) is 13.8 Å². The van der Waals surface area contributed by atoms with Crippen LogP contribution in [-0.2, 0) is 0 Å². The summed E-state index contributed by atoms with van der Waals surface area (Å²) in [5, 5.41) is 22.1. The summed E-state index contributed by atoms with van der Waals surface area (Å²) in [5.74, 6) is -0.381. The van der Waals surface area contributed by atoms with Crippen molar-refractivity contribution >= 4 is 11.7 Å². The molecule has 0 radical (unpaired) electrons. The van der Waals surface area contributed by atoms with Crippen LogP contribution in [-0.4, -0.2) is 35.4 Å². The summed E-state index contributed by atoms with van der Waals surface area (Å²) in [6.45, 7) is 3.92. The van der Waals surface area contributed by atoms with Gasteiger partial charge >= 0.3 is 5.97 Å².